The highest BCUT2D eigenvalue weighted by atomic mass is 16.2. The zero-order chi connectivity index (χ0) is 20.6. The van der Waals surface area contributed by atoms with Gasteiger partial charge in [-0.25, -0.2) is 0 Å². The van der Waals surface area contributed by atoms with Gasteiger partial charge in [-0.3, -0.25) is 15.0 Å². The Morgan fingerprint density at radius 1 is 1.00 bits per heavy atom. The van der Waals surface area contributed by atoms with Crippen molar-refractivity contribution in [3.8, 4) is 11.3 Å². The lowest BCUT2D eigenvalue weighted by Crippen LogP contribution is -2.28. The molecule has 0 atom stereocenters. The van der Waals surface area contributed by atoms with Crippen LogP contribution in [0.25, 0.3) is 11.3 Å². The Bertz CT molecular complexity index is 897. The molecule has 2 heterocycles. The third-order valence-electron chi connectivity index (χ3n) is 4.96. The molecule has 0 unspecified atom stereocenters. The van der Waals surface area contributed by atoms with Crippen LogP contribution in [0.1, 0.15) is 55.0 Å². The van der Waals surface area contributed by atoms with Crippen molar-refractivity contribution in [2.45, 2.75) is 46.0 Å². The number of aromatic amines is 2. The number of benzene rings is 1. The lowest BCUT2D eigenvalue weighted by Gasteiger charge is -2.15. The maximum atomic E-state index is 12.5. The van der Waals surface area contributed by atoms with Crippen LogP contribution >= 0.6 is 0 Å². The van der Waals surface area contributed by atoms with E-state index < -0.39 is 0 Å². The van der Waals surface area contributed by atoms with E-state index in [1.165, 1.54) is 0 Å². The van der Waals surface area contributed by atoms with Crippen molar-refractivity contribution < 1.29 is 4.79 Å². The number of H-pyrrole nitrogens is 2. The Hall–Kier alpha value is -2.89. The fraction of sp³-hybridized carbons (Fsp3) is 0.435. The lowest BCUT2D eigenvalue weighted by atomic mass is 10.1. The molecule has 3 aromatic rings. The third kappa shape index (κ3) is 6.04. The number of carbonyl (C=O) groups excluding carboxylic acids is 1. The maximum absolute atomic E-state index is 12.5. The van der Waals surface area contributed by atoms with Gasteiger partial charge in [0.2, 0.25) is 0 Å². The van der Waals surface area contributed by atoms with Crippen molar-refractivity contribution in [1.82, 2.24) is 25.3 Å². The van der Waals surface area contributed by atoms with Crippen LogP contribution < -0.4 is 0 Å². The summed E-state index contributed by atoms with van der Waals surface area (Å²) in [6, 6.07) is 14.2. The molecule has 0 bridgehead atoms. The average Bonchev–Trinajstić information content (AvgIpc) is 3.37. The molecule has 1 aromatic carbocycles. The van der Waals surface area contributed by atoms with Gasteiger partial charge in [0.15, 0.2) is 0 Å². The smallest absolute Gasteiger partial charge is 0.274 e. The quantitative estimate of drug-likeness (QED) is 0.498. The summed E-state index contributed by atoms with van der Waals surface area (Å²) < 4.78 is 0. The Balaban J connectivity index is 1.37. The van der Waals surface area contributed by atoms with Crippen LogP contribution in [0.4, 0.5) is 0 Å². The standard InChI is InChI=1S/C23H31N5O/c1-17(2)14-20-16-22(27-25-20)23(29)28(3)13-9-5-8-12-19-15-21(26-24-19)18-10-6-4-7-11-18/h4,6-7,10-11,15-17H,5,8-9,12-14H2,1-3H3,(H,24,26)(H,25,27). The SMILES string of the molecule is CC(C)Cc1cc(C(=O)N(C)CCCCCc2cc(-c3ccccc3)n[nH]2)n[nH]1. The number of amides is 1. The van der Waals surface area contributed by atoms with Gasteiger partial charge < -0.3 is 4.90 Å². The molecule has 0 saturated carbocycles. The largest absolute Gasteiger partial charge is 0.340 e. The summed E-state index contributed by atoms with van der Waals surface area (Å²) in [5.41, 5.74) is 4.80. The number of unbranched alkanes of at least 4 members (excludes halogenated alkanes) is 2. The van der Waals surface area contributed by atoms with Gasteiger partial charge in [-0.15, -0.1) is 0 Å². The molecule has 0 saturated heterocycles. The predicted octanol–water partition coefficient (Wildman–Crippen LogP) is 4.48. The second kappa shape index (κ2) is 10.0. The number of aromatic nitrogens is 4. The molecule has 0 aliphatic carbocycles. The van der Waals surface area contributed by atoms with Gasteiger partial charge in [-0.2, -0.15) is 10.2 Å². The number of hydrogen-bond acceptors (Lipinski definition) is 3. The number of carbonyl (C=O) groups is 1. The molecule has 0 aliphatic heterocycles. The number of nitrogens with zero attached hydrogens (tertiary/aromatic N) is 3. The molecule has 29 heavy (non-hydrogen) atoms. The Labute approximate surface area is 172 Å². The fourth-order valence-electron chi connectivity index (χ4n) is 3.40. The van der Waals surface area contributed by atoms with Gasteiger partial charge in [0.05, 0.1) is 5.69 Å². The molecule has 6 nitrogen and oxygen atoms in total. The molecule has 2 N–H and O–H groups in total. The van der Waals surface area contributed by atoms with E-state index in [-0.39, 0.29) is 5.91 Å². The summed E-state index contributed by atoms with van der Waals surface area (Å²) in [7, 11) is 1.85. The first-order valence-electron chi connectivity index (χ1n) is 10.4. The number of nitrogens with one attached hydrogen (secondary N) is 2. The summed E-state index contributed by atoms with van der Waals surface area (Å²) >= 11 is 0. The van der Waals surface area contributed by atoms with Gasteiger partial charge in [0, 0.05) is 30.5 Å². The first kappa shape index (κ1) is 20.8. The molecular formula is C23H31N5O. The second-order valence-electron chi connectivity index (χ2n) is 8.06. The van der Waals surface area contributed by atoms with E-state index in [4.69, 9.17) is 0 Å². The van der Waals surface area contributed by atoms with Crippen LogP contribution in [-0.4, -0.2) is 44.8 Å². The minimum atomic E-state index is -0.0164. The summed E-state index contributed by atoms with van der Waals surface area (Å²) in [4.78, 5) is 14.3. The zero-order valence-corrected chi connectivity index (χ0v) is 17.6. The molecule has 0 radical (unpaired) electrons. The van der Waals surface area contributed by atoms with Gasteiger partial charge in [-0.1, -0.05) is 50.6 Å². The van der Waals surface area contributed by atoms with E-state index in [1.54, 1.807) is 4.90 Å². The molecule has 0 spiro atoms. The number of rotatable bonds is 10. The Morgan fingerprint density at radius 2 is 1.76 bits per heavy atom. The summed E-state index contributed by atoms with van der Waals surface area (Å²) in [6.45, 7) is 5.05. The van der Waals surface area contributed by atoms with Crippen molar-refractivity contribution in [2.24, 2.45) is 5.92 Å². The van der Waals surface area contributed by atoms with Crippen molar-refractivity contribution in [3.63, 3.8) is 0 Å². The Kier molecular flexibility index (Phi) is 7.22. The van der Waals surface area contributed by atoms with Crippen molar-refractivity contribution in [3.05, 3.63) is 59.5 Å². The van der Waals surface area contributed by atoms with Crippen LogP contribution in [0.5, 0.6) is 0 Å². The summed E-state index contributed by atoms with van der Waals surface area (Å²) in [5.74, 6) is 0.520. The van der Waals surface area contributed by atoms with E-state index in [0.29, 0.717) is 11.6 Å². The van der Waals surface area contributed by atoms with Crippen LogP contribution in [0.3, 0.4) is 0 Å². The summed E-state index contributed by atoms with van der Waals surface area (Å²) in [5, 5.41) is 14.7. The first-order valence-corrected chi connectivity index (χ1v) is 10.4. The Morgan fingerprint density at radius 3 is 2.52 bits per heavy atom. The number of aryl methyl sites for hydroxylation is 1. The molecule has 3 rings (SSSR count). The van der Waals surface area contributed by atoms with Crippen molar-refractivity contribution in [1.29, 1.82) is 0 Å². The highest BCUT2D eigenvalue weighted by Gasteiger charge is 2.15. The molecule has 0 fully saturated rings. The fourth-order valence-corrected chi connectivity index (χ4v) is 3.40. The molecule has 1 amide bonds. The monoisotopic (exact) mass is 393 g/mol. The normalized spacial score (nSPS) is 11.2. The van der Waals surface area contributed by atoms with Crippen molar-refractivity contribution in [2.75, 3.05) is 13.6 Å². The predicted molar refractivity (Wildman–Crippen MR) is 116 cm³/mol. The molecular weight excluding hydrogens is 362 g/mol. The maximum Gasteiger partial charge on any atom is 0.274 e. The van der Waals surface area contributed by atoms with Crippen LogP contribution in [-0.2, 0) is 12.8 Å². The molecule has 154 valence electrons. The van der Waals surface area contributed by atoms with Crippen LogP contribution in [0.15, 0.2) is 42.5 Å². The third-order valence-corrected chi connectivity index (χ3v) is 4.96. The van der Waals surface area contributed by atoms with Gasteiger partial charge in [-0.05, 0) is 43.7 Å². The van der Waals surface area contributed by atoms with Crippen LogP contribution in [0, 0.1) is 5.92 Å². The molecule has 6 heteroatoms. The van der Waals surface area contributed by atoms with Crippen molar-refractivity contribution >= 4 is 5.91 Å². The molecule has 0 aliphatic rings. The number of hydrogen-bond donors (Lipinski definition) is 2. The summed E-state index contributed by atoms with van der Waals surface area (Å²) in [6.07, 6.45) is 4.99. The first-order chi connectivity index (χ1) is 14.0. The van der Waals surface area contributed by atoms with Gasteiger partial charge >= 0.3 is 0 Å². The van der Waals surface area contributed by atoms with E-state index >= 15 is 0 Å². The van der Waals surface area contributed by atoms with E-state index in [2.05, 4.69) is 52.4 Å². The van der Waals surface area contributed by atoms with Gasteiger partial charge in [0.25, 0.3) is 5.91 Å². The minimum Gasteiger partial charge on any atom is -0.340 e. The zero-order valence-electron chi connectivity index (χ0n) is 17.6. The molecule has 2 aromatic heterocycles. The average molecular weight is 394 g/mol. The highest BCUT2D eigenvalue weighted by Crippen LogP contribution is 2.18. The lowest BCUT2D eigenvalue weighted by molar-refractivity contribution is 0.0786. The van der Waals surface area contributed by atoms with E-state index in [0.717, 1.165) is 61.3 Å². The minimum absolute atomic E-state index is 0.0164. The van der Waals surface area contributed by atoms with Gasteiger partial charge in [0.1, 0.15) is 5.69 Å². The topological polar surface area (TPSA) is 77.7 Å². The van der Waals surface area contributed by atoms with Crippen LogP contribution in [0.2, 0.25) is 0 Å². The van der Waals surface area contributed by atoms with E-state index in [1.807, 2.05) is 31.3 Å². The highest BCUT2D eigenvalue weighted by molar-refractivity contribution is 5.92. The van der Waals surface area contributed by atoms with E-state index in [9.17, 15) is 4.79 Å². The second-order valence-corrected chi connectivity index (χ2v) is 8.06.